The number of nitrogens with zero attached hydrogens (tertiary/aromatic N) is 1. The maximum Gasteiger partial charge on any atom is 0.420 e. The lowest BCUT2D eigenvalue weighted by molar-refractivity contribution is -0.118. The first-order valence-corrected chi connectivity index (χ1v) is 6.10. The first-order valence-electron chi connectivity index (χ1n) is 6.10. The lowest BCUT2D eigenvalue weighted by atomic mass is 10.4. The molecule has 0 saturated heterocycles. The van der Waals surface area contributed by atoms with Crippen molar-refractivity contribution in [3.63, 3.8) is 0 Å². The van der Waals surface area contributed by atoms with Crippen LogP contribution in [0.2, 0.25) is 0 Å². The Balaban J connectivity index is 2.60. The van der Waals surface area contributed by atoms with E-state index in [9.17, 15) is 14.7 Å². The fraction of sp³-hybridized carbons (Fsp3) is 0.417. The Morgan fingerprint density at radius 3 is 2.81 bits per heavy atom. The second-order valence-electron chi connectivity index (χ2n) is 3.81. The molecule has 0 unspecified atom stereocenters. The van der Waals surface area contributed by atoms with Crippen molar-refractivity contribution in [2.75, 3.05) is 26.9 Å². The molecule has 0 radical (unpaired) electrons. The third-order valence-corrected chi connectivity index (χ3v) is 2.17. The Morgan fingerprint density at radius 1 is 1.38 bits per heavy atom. The van der Waals surface area contributed by atoms with Crippen LogP contribution in [0.25, 0.3) is 0 Å². The molecule has 1 aromatic rings. The van der Waals surface area contributed by atoms with Crippen LogP contribution in [0.1, 0.15) is 6.42 Å². The molecule has 2 amide bonds. The number of methoxy groups -OCH3 is 1. The Kier molecular flexibility index (Phi) is 6.92. The molecule has 1 aromatic heterocycles. The van der Waals surface area contributed by atoms with Crippen LogP contribution in [0, 0.1) is 0 Å². The number of aromatic hydroxyl groups is 1. The molecule has 9 nitrogen and oxygen atoms in total. The molecule has 0 atom stereocenters. The van der Waals surface area contributed by atoms with E-state index in [1.165, 1.54) is 12.1 Å². The summed E-state index contributed by atoms with van der Waals surface area (Å²) in [5.41, 5.74) is 5.03. The van der Waals surface area contributed by atoms with E-state index in [2.05, 4.69) is 4.98 Å². The summed E-state index contributed by atoms with van der Waals surface area (Å²) in [4.78, 5) is 26.0. The molecule has 0 bridgehead atoms. The highest BCUT2D eigenvalue weighted by molar-refractivity contribution is 5.93. The maximum absolute atomic E-state index is 11.3. The molecule has 0 aliphatic carbocycles. The highest BCUT2D eigenvalue weighted by atomic mass is 16.6. The van der Waals surface area contributed by atoms with Gasteiger partial charge in [-0.15, -0.1) is 0 Å². The molecule has 9 heteroatoms. The number of ether oxygens (including phenoxy) is 3. The monoisotopic (exact) mass is 299 g/mol. The van der Waals surface area contributed by atoms with Gasteiger partial charge >= 0.3 is 6.09 Å². The highest BCUT2D eigenvalue weighted by Crippen LogP contribution is 2.26. The molecule has 4 N–H and O–H groups in total. The number of pyridine rings is 1. The second kappa shape index (κ2) is 8.72. The lowest BCUT2D eigenvalue weighted by Gasteiger charge is -2.08. The van der Waals surface area contributed by atoms with E-state index < -0.39 is 12.0 Å². The third-order valence-electron chi connectivity index (χ3n) is 2.17. The minimum absolute atomic E-state index is 0.164. The van der Waals surface area contributed by atoms with E-state index in [1.807, 2.05) is 5.32 Å². The van der Waals surface area contributed by atoms with E-state index in [0.29, 0.717) is 19.6 Å². The van der Waals surface area contributed by atoms with Gasteiger partial charge in [0, 0.05) is 26.2 Å². The molecule has 1 heterocycles. The van der Waals surface area contributed by atoms with Gasteiger partial charge < -0.3 is 25.1 Å². The van der Waals surface area contributed by atoms with Crippen molar-refractivity contribution in [2.24, 2.45) is 5.73 Å². The van der Waals surface area contributed by atoms with Crippen molar-refractivity contribution in [2.45, 2.75) is 6.42 Å². The summed E-state index contributed by atoms with van der Waals surface area (Å²) in [5.74, 6) is -1.29. The fourth-order valence-corrected chi connectivity index (χ4v) is 1.23. The Morgan fingerprint density at radius 2 is 2.14 bits per heavy atom. The van der Waals surface area contributed by atoms with Crippen molar-refractivity contribution >= 4 is 12.0 Å². The van der Waals surface area contributed by atoms with Crippen molar-refractivity contribution in [1.29, 1.82) is 0 Å². The van der Waals surface area contributed by atoms with Crippen molar-refractivity contribution < 1.29 is 28.9 Å². The van der Waals surface area contributed by atoms with Crippen molar-refractivity contribution in [3.05, 3.63) is 12.1 Å². The van der Waals surface area contributed by atoms with Crippen LogP contribution in [0.5, 0.6) is 17.5 Å². The Hall–Kier alpha value is -2.39. The van der Waals surface area contributed by atoms with Crippen LogP contribution >= 0.6 is 0 Å². The molecule has 0 fully saturated rings. The molecule has 0 aliphatic rings. The van der Waals surface area contributed by atoms with E-state index in [1.54, 1.807) is 7.11 Å². The summed E-state index contributed by atoms with van der Waals surface area (Å²) >= 11 is 0. The minimum Gasteiger partial charge on any atom is -0.503 e. The number of hydrogen-bond acceptors (Lipinski definition) is 8. The van der Waals surface area contributed by atoms with Crippen LogP contribution < -0.4 is 20.5 Å². The normalized spacial score (nSPS) is 10.0. The van der Waals surface area contributed by atoms with Crippen LogP contribution in [0.15, 0.2) is 12.1 Å². The van der Waals surface area contributed by atoms with Crippen molar-refractivity contribution in [3.8, 4) is 17.5 Å². The van der Waals surface area contributed by atoms with Crippen LogP contribution in [-0.4, -0.2) is 49.0 Å². The minimum atomic E-state index is -1.09. The first-order chi connectivity index (χ1) is 10.1. The van der Waals surface area contributed by atoms with Gasteiger partial charge in [-0.25, -0.2) is 4.79 Å². The summed E-state index contributed by atoms with van der Waals surface area (Å²) in [6, 6.07) is 2.67. The Bertz CT molecular complexity index is 494. The van der Waals surface area contributed by atoms with Gasteiger partial charge in [-0.1, -0.05) is 0 Å². The van der Waals surface area contributed by atoms with Gasteiger partial charge in [0.2, 0.25) is 11.8 Å². The van der Waals surface area contributed by atoms with E-state index in [4.69, 9.17) is 19.9 Å². The number of nitrogens with two attached hydrogens (primary N) is 1. The molecular weight excluding hydrogens is 282 g/mol. The van der Waals surface area contributed by atoms with Crippen LogP contribution in [0.3, 0.4) is 0 Å². The number of hydrogen-bond donors (Lipinski definition) is 3. The second-order valence-corrected chi connectivity index (χ2v) is 3.81. The molecule has 0 aromatic carbocycles. The maximum atomic E-state index is 11.3. The van der Waals surface area contributed by atoms with Gasteiger partial charge in [-0.3, -0.25) is 10.1 Å². The molecule has 116 valence electrons. The number of carbonyl (C=O) groups is 2. The predicted octanol–water partition coefficient (Wildman–Crippen LogP) is -0.224. The average Bonchev–Trinajstić information content (AvgIpc) is 2.46. The number of imide groups is 1. The van der Waals surface area contributed by atoms with Crippen LogP contribution in [-0.2, 0) is 9.53 Å². The van der Waals surface area contributed by atoms with Gasteiger partial charge in [0.25, 0.3) is 5.88 Å². The quantitative estimate of drug-likeness (QED) is 0.588. The molecular formula is C12H17N3O6. The van der Waals surface area contributed by atoms with Gasteiger partial charge in [-0.05, 0) is 6.07 Å². The lowest BCUT2D eigenvalue weighted by Crippen LogP contribution is -2.37. The van der Waals surface area contributed by atoms with Gasteiger partial charge in [-0.2, -0.15) is 4.98 Å². The largest absolute Gasteiger partial charge is 0.503 e. The van der Waals surface area contributed by atoms with Crippen LogP contribution in [0.4, 0.5) is 4.79 Å². The topological polar surface area (TPSA) is 133 Å². The van der Waals surface area contributed by atoms with E-state index >= 15 is 0 Å². The third kappa shape index (κ3) is 6.06. The summed E-state index contributed by atoms with van der Waals surface area (Å²) in [6.07, 6.45) is -0.439. The SMILES string of the molecule is COCCCOc1ccc(O)c(OC(=O)NC(=O)CN)n1. The Labute approximate surface area is 121 Å². The summed E-state index contributed by atoms with van der Waals surface area (Å²) < 4.78 is 14.8. The molecule has 0 spiro atoms. The molecule has 0 saturated carbocycles. The zero-order valence-electron chi connectivity index (χ0n) is 11.5. The predicted molar refractivity (Wildman–Crippen MR) is 71.1 cm³/mol. The number of aromatic nitrogens is 1. The van der Waals surface area contributed by atoms with Gasteiger partial charge in [0.15, 0.2) is 5.75 Å². The smallest absolute Gasteiger partial charge is 0.420 e. The van der Waals surface area contributed by atoms with Gasteiger partial charge in [0.1, 0.15) is 0 Å². The fourth-order valence-electron chi connectivity index (χ4n) is 1.23. The summed E-state index contributed by atoms with van der Waals surface area (Å²) in [5, 5.41) is 11.4. The number of carbonyl (C=O) groups excluding carboxylic acids is 2. The summed E-state index contributed by atoms with van der Waals surface area (Å²) in [6.45, 7) is 0.519. The molecule has 21 heavy (non-hydrogen) atoms. The zero-order valence-corrected chi connectivity index (χ0v) is 11.5. The van der Waals surface area contributed by atoms with Crippen molar-refractivity contribution in [1.82, 2.24) is 10.3 Å². The first kappa shape index (κ1) is 16.7. The average molecular weight is 299 g/mol. The van der Waals surface area contributed by atoms with E-state index in [-0.39, 0.29) is 24.1 Å². The van der Waals surface area contributed by atoms with E-state index in [0.717, 1.165) is 0 Å². The number of nitrogens with one attached hydrogen (secondary N) is 1. The highest BCUT2D eigenvalue weighted by Gasteiger charge is 2.14. The number of rotatable bonds is 7. The zero-order chi connectivity index (χ0) is 15.7. The number of amides is 2. The molecule has 1 rings (SSSR count). The standard InChI is InChI=1S/C12H17N3O6/c1-19-5-2-6-20-10-4-3-8(16)11(15-10)21-12(18)14-9(17)7-13/h3-4,16H,2,5-7,13H2,1H3,(H,14,17,18). The summed E-state index contributed by atoms with van der Waals surface area (Å²) in [7, 11) is 1.58. The van der Waals surface area contributed by atoms with Gasteiger partial charge in [0.05, 0.1) is 13.2 Å². The molecule has 0 aliphatic heterocycles.